The number of likely N-dealkylation sites (tertiary alicyclic amines) is 1. The Hall–Kier alpha value is -3.19. The molecular weight excluding hydrogens is 352 g/mol. The summed E-state index contributed by atoms with van der Waals surface area (Å²) in [6.45, 7) is 3.83. The summed E-state index contributed by atoms with van der Waals surface area (Å²) in [5.74, 6) is 0.128. The van der Waals surface area contributed by atoms with Gasteiger partial charge < -0.3 is 5.32 Å². The molecule has 1 N–H and O–H groups in total. The van der Waals surface area contributed by atoms with Crippen molar-refractivity contribution >= 4 is 11.7 Å². The van der Waals surface area contributed by atoms with E-state index in [4.69, 9.17) is 0 Å². The summed E-state index contributed by atoms with van der Waals surface area (Å²) in [6, 6.07) is 9.96. The predicted molar refractivity (Wildman–Crippen MR) is 106 cm³/mol. The summed E-state index contributed by atoms with van der Waals surface area (Å²) in [5, 5.41) is 2.74. The number of pyridine rings is 2. The van der Waals surface area contributed by atoms with Crippen LogP contribution in [0, 0.1) is 6.92 Å². The molecule has 0 spiro atoms. The molecule has 4 heterocycles. The van der Waals surface area contributed by atoms with Gasteiger partial charge in [-0.3, -0.25) is 19.7 Å². The zero-order valence-corrected chi connectivity index (χ0v) is 15.7. The van der Waals surface area contributed by atoms with Crippen molar-refractivity contribution < 1.29 is 4.79 Å². The first-order valence-corrected chi connectivity index (χ1v) is 9.39. The van der Waals surface area contributed by atoms with Crippen molar-refractivity contribution in [2.24, 2.45) is 0 Å². The van der Waals surface area contributed by atoms with Crippen molar-refractivity contribution in [1.82, 2.24) is 24.8 Å². The molecule has 1 aliphatic heterocycles. The molecule has 0 saturated carbocycles. The molecule has 1 fully saturated rings. The van der Waals surface area contributed by atoms with Gasteiger partial charge in [-0.1, -0.05) is 12.1 Å². The Labute approximate surface area is 163 Å². The zero-order valence-electron chi connectivity index (χ0n) is 15.7. The summed E-state index contributed by atoms with van der Waals surface area (Å²) in [7, 11) is 0. The molecule has 1 aliphatic rings. The van der Waals surface area contributed by atoms with Crippen molar-refractivity contribution in [3.8, 4) is 0 Å². The van der Waals surface area contributed by atoms with Crippen LogP contribution in [-0.2, 0) is 6.54 Å². The highest BCUT2D eigenvalue weighted by molar-refractivity contribution is 6.02. The van der Waals surface area contributed by atoms with Crippen molar-refractivity contribution in [2.45, 2.75) is 32.4 Å². The second-order valence-electron chi connectivity index (χ2n) is 6.93. The Kier molecular flexibility index (Phi) is 5.34. The van der Waals surface area contributed by atoms with Crippen LogP contribution in [0.5, 0.6) is 0 Å². The van der Waals surface area contributed by atoms with Gasteiger partial charge in [-0.2, -0.15) is 0 Å². The minimum atomic E-state index is -0.283. The molecule has 3 aromatic heterocycles. The van der Waals surface area contributed by atoms with Gasteiger partial charge in [-0.15, -0.1) is 0 Å². The molecule has 7 heteroatoms. The number of nitrogens with zero attached hydrogens (tertiary/aromatic N) is 5. The average molecular weight is 374 g/mol. The Morgan fingerprint density at radius 3 is 2.89 bits per heavy atom. The van der Waals surface area contributed by atoms with Crippen LogP contribution in [0.2, 0.25) is 0 Å². The highest BCUT2D eigenvalue weighted by Gasteiger charge is 2.27. The van der Waals surface area contributed by atoms with Crippen LogP contribution in [0.25, 0.3) is 0 Å². The standard InChI is InChI=1S/C21H22N6O/c1-15-7-8-16(12-24-15)14-27-11-3-6-19(27)17-4-2-5-18(25-17)21(28)26-20-13-22-9-10-23-20/h2,4-5,7-10,12-13,19H,3,6,11,14H2,1H3,(H,23,26,28)/t19-/m0/s1. The van der Waals surface area contributed by atoms with Crippen LogP contribution >= 0.6 is 0 Å². The molecule has 4 rings (SSSR count). The van der Waals surface area contributed by atoms with E-state index >= 15 is 0 Å². The zero-order chi connectivity index (χ0) is 19.3. The van der Waals surface area contributed by atoms with Crippen molar-refractivity contribution in [2.75, 3.05) is 11.9 Å². The quantitative estimate of drug-likeness (QED) is 0.738. The van der Waals surface area contributed by atoms with Crippen LogP contribution in [-0.4, -0.2) is 37.3 Å². The number of carbonyl (C=O) groups is 1. The molecule has 0 unspecified atom stereocenters. The van der Waals surface area contributed by atoms with Gasteiger partial charge in [0, 0.05) is 30.8 Å². The third-order valence-corrected chi connectivity index (χ3v) is 4.87. The van der Waals surface area contributed by atoms with Gasteiger partial charge in [0.25, 0.3) is 5.91 Å². The molecular formula is C21H22N6O. The SMILES string of the molecule is Cc1ccc(CN2CCC[C@H]2c2cccc(C(=O)Nc3cnccn3)n2)cn1. The Morgan fingerprint density at radius 2 is 2.11 bits per heavy atom. The van der Waals surface area contributed by atoms with Gasteiger partial charge in [0.15, 0.2) is 5.82 Å². The largest absolute Gasteiger partial charge is 0.304 e. The van der Waals surface area contributed by atoms with Crippen LogP contribution in [0.1, 0.15) is 46.3 Å². The number of nitrogens with one attached hydrogen (secondary N) is 1. The van der Waals surface area contributed by atoms with Crippen LogP contribution in [0.15, 0.2) is 55.1 Å². The Morgan fingerprint density at radius 1 is 1.18 bits per heavy atom. The Balaban J connectivity index is 1.49. The highest BCUT2D eigenvalue weighted by atomic mass is 16.1. The normalized spacial score (nSPS) is 16.8. The van der Waals surface area contributed by atoms with E-state index in [0.717, 1.165) is 37.3 Å². The molecule has 1 atom stereocenters. The second kappa shape index (κ2) is 8.22. The fraction of sp³-hybridized carbons (Fsp3) is 0.286. The first-order valence-electron chi connectivity index (χ1n) is 9.39. The molecule has 28 heavy (non-hydrogen) atoms. The molecule has 0 aromatic carbocycles. The van der Waals surface area contributed by atoms with Crippen molar-refractivity contribution in [3.63, 3.8) is 0 Å². The topological polar surface area (TPSA) is 83.9 Å². The Bertz CT molecular complexity index is 945. The van der Waals surface area contributed by atoms with E-state index in [-0.39, 0.29) is 11.9 Å². The van der Waals surface area contributed by atoms with E-state index in [1.807, 2.05) is 31.3 Å². The van der Waals surface area contributed by atoms with E-state index in [9.17, 15) is 4.79 Å². The van der Waals surface area contributed by atoms with Gasteiger partial charge in [0.05, 0.1) is 17.9 Å². The minimum Gasteiger partial charge on any atom is -0.304 e. The summed E-state index contributed by atoms with van der Waals surface area (Å²) in [5.41, 5.74) is 3.51. The fourth-order valence-electron chi connectivity index (χ4n) is 3.48. The lowest BCUT2D eigenvalue weighted by Crippen LogP contribution is -2.24. The summed E-state index contributed by atoms with van der Waals surface area (Å²) < 4.78 is 0. The van der Waals surface area contributed by atoms with Gasteiger partial charge >= 0.3 is 0 Å². The molecule has 142 valence electrons. The molecule has 0 bridgehead atoms. The van der Waals surface area contributed by atoms with Gasteiger partial charge in [0.2, 0.25) is 0 Å². The van der Waals surface area contributed by atoms with E-state index in [0.29, 0.717) is 11.5 Å². The third kappa shape index (κ3) is 4.20. The van der Waals surface area contributed by atoms with Crippen LogP contribution in [0.4, 0.5) is 5.82 Å². The van der Waals surface area contributed by atoms with Crippen molar-refractivity contribution in [3.05, 3.63) is 77.8 Å². The number of anilines is 1. The van der Waals surface area contributed by atoms with Gasteiger partial charge in [0.1, 0.15) is 5.69 Å². The molecule has 1 saturated heterocycles. The summed E-state index contributed by atoms with van der Waals surface area (Å²) >= 11 is 0. The summed E-state index contributed by atoms with van der Waals surface area (Å²) in [4.78, 5) is 32.0. The molecule has 0 aliphatic carbocycles. The molecule has 7 nitrogen and oxygen atoms in total. The van der Waals surface area contributed by atoms with E-state index in [1.165, 1.54) is 18.0 Å². The van der Waals surface area contributed by atoms with Crippen LogP contribution < -0.4 is 5.32 Å². The first kappa shape index (κ1) is 18.2. The van der Waals surface area contributed by atoms with Crippen LogP contribution in [0.3, 0.4) is 0 Å². The second-order valence-corrected chi connectivity index (χ2v) is 6.93. The highest BCUT2D eigenvalue weighted by Crippen LogP contribution is 2.32. The van der Waals surface area contributed by atoms with Gasteiger partial charge in [-0.05, 0) is 50.1 Å². The average Bonchev–Trinajstić information content (AvgIpc) is 3.19. The third-order valence-electron chi connectivity index (χ3n) is 4.87. The monoisotopic (exact) mass is 374 g/mol. The maximum absolute atomic E-state index is 12.5. The van der Waals surface area contributed by atoms with E-state index in [1.54, 1.807) is 12.3 Å². The lowest BCUT2D eigenvalue weighted by Gasteiger charge is -2.24. The molecule has 1 amide bonds. The molecule has 3 aromatic rings. The smallest absolute Gasteiger partial charge is 0.275 e. The lowest BCUT2D eigenvalue weighted by molar-refractivity contribution is 0.102. The number of hydrogen-bond donors (Lipinski definition) is 1. The number of aromatic nitrogens is 4. The number of hydrogen-bond acceptors (Lipinski definition) is 6. The number of amides is 1. The van der Waals surface area contributed by atoms with E-state index < -0.39 is 0 Å². The van der Waals surface area contributed by atoms with Crippen molar-refractivity contribution in [1.29, 1.82) is 0 Å². The minimum absolute atomic E-state index is 0.200. The number of carbonyl (C=O) groups excluding carboxylic acids is 1. The summed E-state index contributed by atoms with van der Waals surface area (Å²) in [6.07, 6.45) is 8.69. The maximum Gasteiger partial charge on any atom is 0.275 e. The first-order chi connectivity index (χ1) is 13.7. The predicted octanol–water partition coefficient (Wildman–Crippen LogP) is 3.16. The van der Waals surface area contributed by atoms with E-state index in [2.05, 4.69) is 36.2 Å². The lowest BCUT2D eigenvalue weighted by atomic mass is 10.1. The fourth-order valence-corrected chi connectivity index (χ4v) is 3.48. The van der Waals surface area contributed by atoms with Gasteiger partial charge in [-0.25, -0.2) is 9.97 Å². The molecule has 0 radical (unpaired) electrons. The number of rotatable bonds is 5. The number of aryl methyl sites for hydroxylation is 1. The maximum atomic E-state index is 12.5.